The van der Waals surface area contributed by atoms with Crippen molar-refractivity contribution in [2.45, 2.75) is 31.4 Å². The number of alkyl halides is 2. The second-order valence-electron chi connectivity index (χ2n) is 8.69. The second-order valence-corrected chi connectivity index (χ2v) is 8.69. The molecule has 1 aliphatic rings. The van der Waals surface area contributed by atoms with Crippen molar-refractivity contribution in [2.24, 2.45) is 0 Å². The Morgan fingerprint density at radius 1 is 1.00 bits per heavy atom. The number of hydrogen-bond donors (Lipinski definition) is 1. The van der Waals surface area contributed by atoms with Gasteiger partial charge in [0.1, 0.15) is 0 Å². The number of rotatable bonds is 5. The van der Waals surface area contributed by atoms with Gasteiger partial charge in [-0.05, 0) is 35.9 Å². The van der Waals surface area contributed by atoms with Crippen LogP contribution in [0.1, 0.15) is 24.9 Å². The molecule has 5 rings (SSSR count). The van der Waals surface area contributed by atoms with E-state index in [0.29, 0.717) is 34.8 Å². The summed E-state index contributed by atoms with van der Waals surface area (Å²) in [4.78, 5) is 26.6. The highest BCUT2D eigenvalue weighted by Crippen LogP contribution is 2.39. The summed E-state index contributed by atoms with van der Waals surface area (Å²) in [6.45, 7) is 0.507. The SMILES string of the molecule is CC(F)(F)C(=O)N[C@@H]1CC(=O)N(c2ccc3c(cnn3-c3ccc(F)c(F)c3)c2)[C@H]1c1ccccc1. The Morgan fingerprint density at radius 3 is 2.42 bits per heavy atom. The molecule has 10 heteroatoms. The Balaban J connectivity index is 1.54. The van der Waals surface area contributed by atoms with E-state index in [9.17, 15) is 27.2 Å². The molecule has 1 fully saturated rings. The van der Waals surface area contributed by atoms with E-state index in [-0.39, 0.29) is 12.3 Å². The summed E-state index contributed by atoms with van der Waals surface area (Å²) >= 11 is 0. The Labute approximate surface area is 203 Å². The number of halogens is 4. The first-order valence-corrected chi connectivity index (χ1v) is 11.1. The summed E-state index contributed by atoms with van der Waals surface area (Å²) in [6, 6.07) is 15.7. The van der Waals surface area contributed by atoms with E-state index in [0.717, 1.165) is 12.1 Å². The maximum Gasteiger partial charge on any atom is 0.321 e. The van der Waals surface area contributed by atoms with Crippen LogP contribution in [0.5, 0.6) is 0 Å². The Morgan fingerprint density at radius 2 is 1.72 bits per heavy atom. The average Bonchev–Trinajstić information content (AvgIpc) is 3.41. The van der Waals surface area contributed by atoms with Gasteiger partial charge in [0, 0.05) is 30.5 Å². The molecule has 0 unspecified atom stereocenters. The van der Waals surface area contributed by atoms with E-state index in [1.807, 2.05) is 0 Å². The van der Waals surface area contributed by atoms with Crippen molar-refractivity contribution in [1.82, 2.24) is 15.1 Å². The van der Waals surface area contributed by atoms with E-state index in [2.05, 4.69) is 10.4 Å². The van der Waals surface area contributed by atoms with Gasteiger partial charge in [0.25, 0.3) is 5.91 Å². The van der Waals surface area contributed by atoms with E-state index in [4.69, 9.17) is 0 Å². The number of nitrogens with one attached hydrogen (secondary N) is 1. The van der Waals surface area contributed by atoms with Crippen LogP contribution in [0.15, 0.2) is 72.9 Å². The molecule has 0 aliphatic carbocycles. The lowest BCUT2D eigenvalue weighted by Gasteiger charge is -2.29. The molecule has 2 amide bonds. The van der Waals surface area contributed by atoms with Crippen molar-refractivity contribution >= 4 is 28.4 Å². The molecular formula is C26H20F4N4O2. The first kappa shape index (κ1) is 23.5. The molecule has 0 bridgehead atoms. The maximum absolute atomic E-state index is 13.8. The van der Waals surface area contributed by atoms with Crippen molar-refractivity contribution < 1.29 is 27.2 Å². The van der Waals surface area contributed by atoms with Crippen LogP contribution < -0.4 is 10.2 Å². The minimum atomic E-state index is -3.59. The topological polar surface area (TPSA) is 67.2 Å². The van der Waals surface area contributed by atoms with Gasteiger partial charge in [-0.2, -0.15) is 13.9 Å². The van der Waals surface area contributed by atoms with E-state index >= 15 is 0 Å². The zero-order valence-electron chi connectivity index (χ0n) is 19.0. The molecule has 1 aliphatic heterocycles. The fourth-order valence-electron chi connectivity index (χ4n) is 4.49. The van der Waals surface area contributed by atoms with Crippen LogP contribution in [-0.2, 0) is 9.59 Å². The van der Waals surface area contributed by atoms with Gasteiger partial charge in [-0.1, -0.05) is 30.3 Å². The third-order valence-corrected chi connectivity index (χ3v) is 6.16. The monoisotopic (exact) mass is 496 g/mol. The number of amides is 2. The minimum Gasteiger partial charge on any atom is -0.345 e. The van der Waals surface area contributed by atoms with E-state index < -0.39 is 35.5 Å². The average molecular weight is 496 g/mol. The number of hydrogen-bond acceptors (Lipinski definition) is 3. The number of carbonyl (C=O) groups is 2. The summed E-state index contributed by atoms with van der Waals surface area (Å²) in [5.74, 6) is -7.37. The number of nitrogens with zero attached hydrogens (tertiary/aromatic N) is 3. The molecule has 0 saturated carbocycles. The van der Waals surface area contributed by atoms with Crippen LogP contribution in [0.4, 0.5) is 23.2 Å². The van der Waals surface area contributed by atoms with Gasteiger partial charge < -0.3 is 10.2 Å². The fourth-order valence-corrected chi connectivity index (χ4v) is 4.49. The van der Waals surface area contributed by atoms with Crippen molar-refractivity contribution in [3.63, 3.8) is 0 Å². The molecular weight excluding hydrogens is 476 g/mol. The first-order valence-electron chi connectivity index (χ1n) is 11.1. The maximum atomic E-state index is 13.8. The van der Waals surface area contributed by atoms with E-state index in [1.54, 1.807) is 48.5 Å². The van der Waals surface area contributed by atoms with E-state index in [1.165, 1.54) is 21.8 Å². The van der Waals surface area contributed by atoms with Gasteiger partial charge in [-0.15, -0.1) is 0 Å². The minimum absolute atomic E-state index is 0.159. The number of carbonyl (C=O) groups excluding carboxylic acids is 2. The van der Waals surface area contributed by atoms with Gasteiger partial charge in [0.15, 0.2) is 11.6 Å². The highest BCUT2D eigenvalue weighted by molar-refractivity contribution is 6.00. The van der Waals surface area contributed by atoms with Crippen LogP contribution in [0.2, 0.25) is 0 Å². The molecule has 36 heavy (non-hydrogen) atoms. The van der Waals surface area contributed by atoms with Gasteiger partial charge in [0.05, 0.1) is 29.5 Å². The Bertz CT molecular complexity index is 1470. The molecule has 2 atom stereocenters. The number of benzene rings is 3. The predicted molar refractivity (Wildman–Crippen MR) is 125 cm³/mol. The second kappa shape index (κ2) is 8.78. The normalized spacial score (nSPS) is 18.1. The first-order chi connectivity index (χ1) is 17.1. The number of aromatic nitrogens is 2. The molecule has 0 spiro atoms. The zero-order chi connectivity index (χ0) is 25.6. The molecule has 6 nitrogen and oxygen atoms in total. The van der Waals surface area contributed by atoms with Crippen molar-refractivity contribution in [2.75, 3.05) is 4.90 Å². The molecule has 2 heterocycles. The number of anilines is 1. The highest BCUT2D eigenvalue weighted by Gasteiger charge is 2.45. The lowest BCUT2D eigenvalue weighted by molar-refractivity contribution is -0.143. The summed E-state index contributed by atoms with van der Waals surface area (Å²) in [6.07, 6.45) is 1.36. The molecule has 1 N–H and O–H groups in total. The third-order valence-electron chi connectivity index (χ3n) is 6.16. The summed E-state index contributed by atoms with van der Waals surface area (Å²) in [5.41, 5.74) is 2.05. The van der Waals surface area contributed by atoms with Crippen LogP contribution >= 0.6 is 0 Å². The Hall–Kier alpha value is -4.21. The highest BCUT2D eigenvalue weighted by atomic mass is 19.3. The molecule has 3 aromatic carbocycles. The summed E-state index contributed by atoms with van der Waals surface area (Å²) < 4.78 is 55.8. The van der Waals surface area contributed by atoms with Crippen LogP contribution in [0.3, 0.4) is 0 Å². The molecule has 0 radical (unpaired) electrons. The predicted octanol–water partition coefficient (Wildman–Crippen LogP) is 4.92. The van der Waals surface area contributed by atoms with Crippen molar-refractivity contribution in [3.05, 3.63) is 90.1 Å². The third kappa shape index (κ3) is 4.19. The molecule has 1 aromatic heterocycles. The van der Waals surface area contributed by atoms with Gasteiger partial charge in [-0.3, -0.25) is 9.59 Å². The summed E-state index contributed by atoms with van der Waals surface area (Å²) in [7, 11) is 0. The van der Waals surface area contributed by atoms with Gasteiger partial charge in [-0.25, -0.2) is 13.5 Å². The van der Waals surface area contributed by atoms with Gasteiger partial charge >= 0.3 is 5.92 Å². The Kier molecular flexibility index (Phi) is 5.74. The standard InChI is InChI=1S/C26H20F4N4O2/c1-26(29,30)25(36)32-21-13-23(35)33(24(21)15-5-3-2-4-6-15)17-8-10-22-16(11-17)14-31-34(22)18-7-9-19(27)20(28)12-18/h2-12,14,21,24H,13H2,1H3,(H,32,36)/t21-,24+/m1/s1. The van der Waals surface area contributed by atoms with Crippen LogP contribution in [-0.4, -0.2) is 33.6 Å². The summed E-state index contributed by atoms with van der Waals surface area (Å²) in [5, 5.41) is 7.22. The number of fused-ring (bicyclic) bond motifs is 1. The van der Waals surface area contributed by atoms with Crippen molar-refractivity contribution in [1.29, 1.82) is 0 Å². The quantitative estimate of drug-likeness (QED) is 0.399. The molecule has 4 aromatic rings. The lowest BCUT2D eigenvalue weighted by atomic mass is 9.99. The van der Waals surface area contributed by atoms with Crippen LogP contribution in [0, 0.1) is 11.6 Å². The molecule has 184 valence electrons. The molecule has 1 saturated heterocycles. The smallest absolute Gasteiger partial charge is 0.321 e. The largest absolute Gasteiger partial charge is 0.345 e. The zero-order valence-corrected chi connectivity index (χ0v) is 19.0. The van der Waals surface area contributed by atoms with Gasteiger partial charge in [0.2, 0.25) is 5.91 Å². The van der Waals surface area contributed by atoms with Crippen molar-refractivity contribution in [3.8, 4) is 5.69 Å². The fraction of sp³-hybridized carbons (Fsp3) is 0.192. The van der Waals surface area contributed by atoms with Crippen LogP contribution in [0.25, 0.3) is 16.6 Å². The lowest BCUT2D eigenvalue weighted by Crippen LogP contribution is -2.46.